The van der Waals surface area contributed by atoms with E-state index in [1.54, 1.807) is 0 Å². The Morgan fingerprint density at radius 1 is 0.935 bits per heavy atom. The van der Waals surface area contributed by atoms with E-state index in [1.807, 2.05) is 12.1 Å². The summed E-state index contributed by atoms with van der Waals surface area (Å²) >= 11 is 0. The Hall–Kier alpha value is -3.21. The van der Waals surface area contributed by atoms with Crippen molar-refractivity contribution in [2.45, 2.75) is 45.5 Å². The minimum atomic E-state index is -0.0419. The molecule has 0 fully saturated rings. The number of hydrogen-bond acceptors (Lipinski definition) is 3. The van der Waals surface area contributed by atoms with Crippen molar-refractivity contribution in [3.05, 3.63) is 84.1 Å². The first-order chi connectivity index (χ1) is 15.1. The summed E-state index contributed by atoms with van der Waals surface area (Å²) in [5, 5.41) is 0. The normalized spacial score (nSPS) is 19.4. The maximum Gasteiger partial charge on any atom is 0.339 e. The summed E-state index contributed by atoms with van der Waals surface area (Å²) in [6.45, 7) is 9.18. The van der Waals surface area contributed by atoms with Gasteiger partial charge in [0.2, 0.25) is 6.34 Å². The molecule has 0 saturated heterocycles. The van der Waals surface area contributed by atoms with E-state index in [-0.39, 0.29) is 12.8 Å². The van der Waals surface area contributed by atoms with Crippen LogP contribution in [0, 0.1) is 0 Å². The molecule has 154 valence electrons. The van der Waals surface area contributed by atoms with Crippen LogP contribution in [0.4, 0.5) is 5.69 Å². The van der Waals surface area contributed by atoms with E-state index in [4.69, 9.17) is 4.99 Å². The van der Waals surface area contributed by atoms with Crippen molar-refractivity contribution in [2.75, 3.05) is 0 Å². The van der Waals surface area contributed by atoms with Crippen LogP contribution in [-0.2, 0) is 0 Å². The summed E-state index contributed by atoms with van der Waals surface area (Å²) in [6, 6.07) is 17.2. The molecule has 5 heteroatoms. The van der Waals surface area contributed by atoms with Crippen LogP contribution < -0.4 is 5.46 Å². The number of fused-ring (bicyclic) bond motifs is 2. The second-order valence-corrected chi connectivity index (χ2v) is 8.90. The van der Waals surface area contributed by atoms with Crippen LogP contribution in [0.25, 0.3) is 0 Å². The minimum absolute atomic E-state index is 0.0419. The molecular formula is C26H27BN4. The molecule has 31 heavy (non-hydrogen) atoms. The van der Waals surface area contributed by atoms with E-state index in [9.17, 15) is 0 Å². The van der Waals surface area contributed by atoms with Gasteiger partial charge in [-0.05, 0) is 46.8 Å². The van der Waals surface area contributed by atoms with Crippen LogP contribution in [0.1, 0.15) is 50.7 Å². The molecule has 2 aromatic rings. The molecule has 0 aromatic heterocycles. The highest BCUT2D eigenvalue weighted by atomic mass is 15.3. The largest absolute Gasteiger partial charge is 0.370 e. The average Bonchev–Trinajstić information content (AvgIpc) is 3.21. The highest BCUT2D eigenvalue weighted by molar-refractivity contribution is 6.79. The monoisotopic (exact) mass is 406 g/mol. The van der Waals surface area contributed by atoms with E-state index in [2.05, 4.69) is 109 Å². The third kappa shape index (κ3) is 3.29. The van der Waals surface area contributed by atoms with Gasteiger partial charge in [0.25, 0.3) is 0 Å². The molecular weight excluding hydrogens is 379 g/mol. The smallest absolute Gasteiger partial charge is 0.339 e. The number of rotatable bonds is 4. The van der Waals surface area contributed by atoms with Crippen molar-refractivity contribution < 1.29 is 4.58 Å². The Bertz CT molecular complexity index is 1130. The molecule has 0 aliphatic carbocycles. The maximum atomic E-state index is 4.92. The number of nitrogens with zero attached hydrogens (tertiary/aromatic N) is 4. The maximum absolute atomic E-state index is 4.92. The van der Waals surface area contributed by atoms with Gasteiger partial charge in [0.05, 0.1) is 0 Å². The third-order valence-electron chi connectivity index (χ3n) is 6.26. The number of aliphatic imine (C=N–C) groups is 2. The summed E-state index contributed by atoms with van der Waals surface area (Å²) in [7, 11) is 0. The van der Waals surface area contributed by atoms with Gasteiger partial charge in [-0.2, -0.15) is 4.99 Å². The summed E-state index contributed by atoms with van der Waals surface area (Å²) in [5.74, 6) is 2.56. The topological polar surface area (TPSA) is 31.0 Å². The van der Waals surface area contributed by atoms with Crippen molar-refractivity contribution in [3.8, 4) is 0 Å². The van der Waals surface area contributed by atoms with Gasteiger partial charge in [0.15, 0.2) is 5.84 Å². The number of amidine groups is 2. The fourth-order valence-corrected chi connectivity index (χ4v) is 4.82. The van der Waals surface area contributed by atoms with Gasteiger partial charge in [-0.25, -0.2) is 0 Å². The molecule has 0 saturated carbocycles. The predicted molar refractivity (Wildman–Crippen MR) is 130 cm³/mol. The van der Waals surface area contributed by atoms with Crippen molar-refractivity contribution in [1.29, 1.82) is 0 Å². The SMILES string of the molecule is CC(C)c1cccc(C(C)C)c1B1C2C(=N[C-]=[N+]2c2ccccc2)N=C2C=CC=CN12. The summed E-state index contributed by atoms with van der Waals surface area (Å²) in [4.78, 5) is 11.9. The molecule has 0 amide bonds. The van der Waals surface area contributed by atoms with E-state index in [0.717, 1.165) is 17.4 Å². The van der Waals surface area contributed by atoms with Crippen LogP contribution in [-0.4, -0.2) is 40.2 Å². The van der Waals surface area contributed by atoms with E-state index < -0.39 is 0 Å². The van der Waals surface area contributed by atoms with Crippen molar-refractivity contribution in [2.24, 2.45) is 9.98 Å². The quantitative estimate of drug-likeness (QED) is 0.418. The average molecular weight is 406 g/mol. The van der Waals surface area contributed by atoms with Gasteiger partial charge >= 0.3 is 6.85 Å². The number of hydrogen-bond donors (Lipinski definition) is 0. The zero-order valence-corrected chi connectivity index (χ0v) is 18.5. The molecule has 0 bridgehead atoms. The van der Waals surface area contributed by atoms with Crippen molar-refractivity contribution in [1.82, 2.24) is 4.81 Å². The van der Waals surface area contributed by atoms with Gasteiger partial charge < -0.3 is 9.39 Å². The van der Waals surface area contributed by atoms with Crippen LogP contribution >= 0.6 is 0 Å². The van der Waals surface area contributed by atoms with Crippen molar-refractivity contribution >= 4 is 36.0 Å². The molecule has 0 N–H and O–H groups in total. The van der Waals surface area contributed by atoms with E-state index in [1.165, 1.54) is 16.6 Å². The zero-order chi connectivity index (χ0) is 21.5. The van der Waals surface area contributed by atoms with Crippen LogP contribution in [0.2, 0.25) is 0 Å². The molecule has 0 radical (unpaired) electrons. The predicted octanol–water partition coefficient (Wildman–Crippen LogP) is 4.50. The Morgan fingerprint density at radius 2 is 1.65 bits per heavy atom. The first-order valence-electron chi connectivity index (χ1n) is 11.1. The number of para-hydroxylation sites is 1. The summed E-state index contributed by atoms with van der Waals surface area (Å²) < 4.78 is 2.16. The first kappa shape index (κ1) is 19.7. The third-order valence-corrected chi connectivity index (χ3v) is 6.26. The van der Waals surface area contributed by atoms with Gasteiger partial charge in [-0.1, -0.05) is 82.3 Å². The Kier molecular flexibility index (Phi) is 4.97. The van der Waals surface area contributed by atoms with Gasteiger partial charge in [-0.15, -0.1) is 0 Å². The Balaban J connectivity index is 1.75. The lowest BCUT2D eigenvalue weighted by Crippen LogP contribution is -2.64. The second-order valence-electron chi connectivity index (χ2n) is 8.90. The molecule has 2 aromatic carbocycles. The molecule has 1 atom stereocenters. The molecule has 0 spiro atoms. The van der Waals surface area contributed by atoms with E-state index in [0.29, 0.717) is 11.8 Å². The number of benzene rings is 2. The zero-order valence-electron chi connectivity index (χ0n) is 18.5. The number of allylic oxidation sites excluding steroid dienone is 2. The standard InChI is InChI=1S/C26H27BN4/c1-18(2)21-13-10-14-22(19(3)4)24(21)27-25-26(29-23-15-8-9-16-31(23)27)28-17-30(25)20-11-6-5-7-12-20/h5-16,18-19,25H,1-4H3. The molecule has 1 unspecified atom stereocenters. The van der Waals surface area contributed by atoms with E-state index >= 15 is 0 Å². The molecule has 3 aliphatic heterocycles. The molecule has 3 aliphatic rings. The molecule has 4 nitrogen and oxygen atoms in total. The van der Waals surface area contributed by atoms with Gasteiger partial charge in [-0.3, -0.25) is 4.99 Å². The second kappa shape index (κ2) is 7.80. The highest BCUT2D eigenvalue weighted by Gasteiger charge is 2.48. The fraction of sp³-hybridized carbons (Fsp3) is 0.269. The Labute approximate surface area is 185 Å². The lowest BCUT2D eigenvalue weighted by Gasteiger charge is -2.40. The fourth-order valence-electron chi connectivity index (χ4n) is 4.82. The van der Waals surface area contributed by atoms with Gasteiger partial charge in [0, 0.05) is 5.69 Å². The summed E-state index contributed by atoms with van der Waals surface area (Å²) in [5.41, 5.74) is 5.25. The highest BCUT2D eigenvalue weighted by Crippen LogP contribution is 2.29. The molecule has 3 heterocycles. The lowest BCUT2D eigenvalue weighted by atomic mass is 9.44. The van der Waals surface area contributed by atoms with Crippen LogP contribution in [0.5, 0.6) is 0 Å². The Morgan fingerprint density at radius 3 is 2.32 bits per heavy atom. The first-order valence-corrected chi connectivity index (χ1v) is 11.1. The summed E-state index contributed by atoms with van der Waals surface area (Å²) in [6.07, 6.45) is 11.6. The van der Waals surface area contributed by atoms with Crippen LogP contribution in [0.3, 0.4) is 0 Å². The minimum Gasteiger partial charge on any atom is -0.370 e. The van der Waals surface area contributed by atoms with Crippen LogP contribution in [0.15, 0.2) is 82.9 Å². The van der Waals surface area contributed by atoms with Crippen molar-refractivity contribution in [3.63, 3.8) is 0 Å². The molecule has 5 rings (SSSR count). The lowest BCUT2D eigenvalue weighted by molar-refractivity contribution is -0.435. The van der Waals surface area contributed by atoms with Gasteiger partial charge in [0.1, 0.15) is 11.8 Å².